The lowest BCUT2D eigenvalue weighted by Crippen LogP contribution is -2.05. The van der Waals surface area contributed by atoms with Crippen molar-refractivity contribution in [3.63, 3.8) is 0 Å². The Hall–Kier alpha value is -1.97. The highest BCUT2D eigenvalue weighted by molar-refractivity contribution is 5.55. The van der Waals surface area contributed by atoms with Crippen LogP contribution in [0, 0.1) is 6.92 Å². The molecule has 2 rings (SSSR count). The lowest BCUT2D eigenvalue weighted by atomic mass is 10.3. The van der Waals surface area contributed by atoms with Crippen molar-refractivity contribution >= 4 is 11.6 Å². The fraction of sp³-hybridized carbons (Fsp3) is 0.357. The van der Waals surface area contributed by atoms with Crippen molar-refractivity contribution in [2.24, 2.45) is 0 Å². The number of aromatic nitrogens is 2. The van der Waals surface area contributed by atoms with E-state index in [0.717, 1.165) is 23.1 Å². The van der Waals surface area contributed by atoms with E-state index in [2.05, 4.69) is 34.9 Å². The Balaban J connectivity index is 2.22. The Bertz CT molecular complexity index is 514. The SMILES string of the molecule is COc1ccc(Nc2nc(C)cn2C(C)C)cc1. The summed E-state index contributed by atoms with van der Waals surface area (Å²) in [7, 11) is 1.66. The van der Waals surface area contributed by atoms with E-state index in [1.54, 1.807) is 7.11 Å². The molecular formula is C14H19N3O. The van der Waals surface area contributed by atoms with Crippen LogP contribution in [-0.2, 0) is 0 Å². The maximum absolute atomic E-state index is 5.14. The molecule has 18 heavy (non-hydrogen) atoms. The van der Waals surface area contributed by atoms with Gasteiger partial charge in [0.15, 0.2) is 0 Å². The van der Waals surface area contributed by atoms with Gasteiger partial charge in [-0.25, -0.2) is 4.98 Å². The van der Waals surface area contributed by atoms with Crippen molar-refractivity contribution in [1.82, 2.24) is 9.55 Å². The van der Waals surface area contributed by atoms with E-state index in [1.165, 1.54) is 0 Å². The second-order valence-electron chi connectivity index (χ2n) is 4.56. The quantitative estimate of drug-likeness (QED) is 0.895. The first-order valence-corrected chi connectivity index (χ1v) is 6.06. The molecule has 0 saturated heterocycles. The van der Waals surface area contributed by atoms with Crippen LogP contribution in [0.5, 0.6) is 5.75 Å². The van der Waals surface area contributed by atoms with E-state index >= 15 is 0 Å². The second kappa shape index (κ2) is 5.12. The standard InChI is InChI=1S/C14H19N3O/c1-10(2)17-9-11(3)15-14(17)16-12-5-7-13(18-4)8-6-12/h5-10H,1-4H3,(H,15,16). The highest BCUT2D eigenvalue weighted by Crippen LogP contribution is 2.22. The van der Waals surface area contributed by atoms with E-state index in [0.29, 0.717) is 6.04 Å². The number of methoxy groups -OCH3 is 1. The Morgan fingerprint density at radius 1 is 1.22 bits per heavy atom. The number of nitrogens with zero attached hydrogens (tertiary/aromatic N) is 2. The summed E-state index contributed by atoms with van der Waals surface area (Å²) in [4.78, 5) is 4.49. The lowest BCUT2D eigenvalue weighted by Gasteiger charge is -2.12. The number of nitrogens with one attached hydrogen (secondary N) is 1. The first-order chi connectivity index (χ1) is 8.60. The Labute approximate surface area is 108 Å². The Morgan fingerprint density at radius 3 is 2.44 bits per heavy atom. The lowest BCUT2D eigenvalue weighted by molar-refractivity contribution is 0.415. The number of hydrogen-bond acceptors (Lipinski definition) is 3. The molecule has 4 heteroatoms. The highest BCUT2D eigenvalue weighted by Gasteiger charge is 2.08. The summed E-state index contributed by atoms with van der Waals surface area (Å²) in [6, 6.07) is 8.20. The van der Waals surface area contributed by atoms with E-state index in [1.807, 2.05) is 31.2 Å². The van der Waals surface area contributed by atoms with Crippen LogP contribution in [0.2, 0.25) is 0 Å². The molecule has 0 aliphatic heterocycles. The van der Waals surface area contributed by atoms with Crippen molar-refractivity contribution < 1.29 is 4.74 Å². The van der Waals surface area contributed by atoms with Crippen molar-refractivity contribution in [3.05, 3.63) is 36.2 Å². The van der Waals surface area contributed by atoms with Crippen LogP contribution in [-0.4, -0.2) is 16.7 Å². The van der Waals surface area contributed by atoms with Gasteiger partial charge in [0.2, 0.25) is 5.95 Å². The predicted octanol–water partition coefficient (Wildman–Crippen LogP) is 3.52. The number of imidazole rings is 1. The van der Waals surface area contributed by atoms with E-state index < -0.39 is 0 Å². The molecule has 1 N–H and O–H groups in total. The molecule has 96 valence electrons. The van der Waals surface area contributed by atoms with Gasteiger partial charge >= 0.3 is 0 Å². The maximum atomic E-state index is 5.14. The molecule has 1 aromatic heterocycles. The number of ether oxygens (including phenoxy) is 1. The topological polar surface area (TPSA) is 39.1 Å². The second-order valence-corrected chi connectivity index (χ2v) is 4.56. The molecular weight excluding hydrogens is 226 g/mol. The fourth-order valence-electron chi connectivity index (χ4n) is 1.81. The van der Waals surface area contributed by atoms with Crippen LogP contribution in [0.3, 0.4) is 0 Å². The third-order valence-corrected chi connectivity index (χ3v) is 2.76. The van der Waals surface area contributed by atoms with E-state index in [-0.39, 0.29) is 0 Å². The van der Waals surface area contributed by atoms with Gasteiger partial charge < -0.3 is 14.6 Å². The van der Waals surface area contributed by atoms with Gasteiger partial charge in [0, 0.05) is 17.9 Å². The number of aryl methyl sites for hydroxylation is 1. The van der Waals surface area contributed by atoms with Crippen LogP contribution in [0.1, 0.15) is 25.6 Å². The summed E-state index contributed by atoms with van der Waals surface area (Å²) >= 11 is 0. The molecule has 1 aromatic carbocycles. The Kier molecular flexibility index (Phi) is 3.55. The zero-order valence-corrected chi connectivity index (χ0v) is 11.3. The van der Waals surface area contributed by atoms with Crippen molar-refractivity contribution in [3.8, 4) is 5.75 Å². The maximum Gasteiger partial charge on any atom is 0.207 e. The minimum Gasteiger partial charge on any atom is -0.497 e. The summed E-state index contributed by atoms with van der Waals surface area (Å²) in [5, 5.41) is 3.32. The molecule has 0 spiro atoms. The van der Waals surface area contributed by atoms with Crippen LogP contribution in [0.25, 0.3) is 0 Å². The number of hydrogen-bond donors (Lipinski definition) is 1. The molecule has 2 aromatic rings. The van der Waals surface area contributed by atoms with E-state index in [9.17, 15) is 0 Å². The van der Waals surface area contributed by atoms with Gasteiger partial charge in [-0.15, -0.1) is 0 Å². The molecule has 0 aliphatic rings. The molecule has 0 aliphatic carbocycles. The van der Waals surface area contributed by atoms with Crippen LogP contribution >= 0.6 is 0 Å². The molecule has 0 amide bonds. The van der Waals surface area contributed by atoms with Crippen LogP contribution < -0.4 is 10.1 Å². The summed E-state index contributed by atoms with van der Waals surface area (Å²) in [6.45, 7) is 6.28. The van der Waals surface area contributed by atoms with Gasteiger partial charge in [0.05, 0.1) is 12.8 Å². The van der Waals surface area contributed by atoms with Crippen LogP contribution in [0.4, 0.5) is 11.6 Å². The number of rotatable bonds is 4. The zero-order chi connectivity index (χ0) is 13.1. The minimum absolute atomic E-state index is 0.381. The molecule has 0 radical (unpaired) electrons. The molecule has 0 saturated carbocycles. The third kappa shape index (κ3) is 2.64. The minimum atomic E-state index is 0.381. The molecule has 4 nitrogen and oxygen atoms in total. The van der Waals surface area contributed by atoms with Gasteiger partial charge in [-0.2, -0.15) is 0 Å². The molecule has 0 unspecified atom stereocenters. The number of benzene rings is 1. The van der Waals surface area contributed by atoms with Gasteiger partial charge in [0.1, 0.15) is 5.75 Å². The zero-order valence-electron chi connectivity index (χ0n) is 11.3. The molecule has 1 heterocycles. The molecule has 0 fully saturated rings. The van der Waals surface area contributed by atoms with Gasteiger partial charge in [0.25, 0.3) is 0 Å². The normalized spacial score (nSPS) is 10.7. The summed E-state index contributed by atoms with van der Waals surface area (Å²) in [6.07, 6.45) is 2.05. The van der Waals surface area contributed by atoms with Gasteiger partial charge in [-0.1, -0.05) is 0 Å². The first-order valence-electron chi connectivity index (χ1n) is 6.06. The molecule has 0 atom stereocenters. The largest absolute Gasteiger partial charge is 0.497 e. The summed E-state index contributed by atoms with van der Waals surface area (Å²) in [5.74, 6) is 1.72. The summed E-state index contributed by atoms with van der Waals surface area (Å²) < 4.78 is 7.26. The third-order valence-electron chi connectivity index (χ3n) is 2.76. The van der Waals surface area contributed by atoms with E-state index in [4.69, 9.17) is 4.74 Å². The fourth-order valence-corrected chi connectivity index (χ4v) is 1.81. The van der Waals surface area contributed by atoms with Crippen molar-refractivity contribution in [1.29, 1.82) is 0 Å². The average Bonchev–Trinajstić information content (AvgIpc) is 2.71. The molecule has 0 bridgehead atoms. The smallest absolute Gasteiger partial charge is 0.207 e. The Morgan fingerprint density at radius 2 is 1.89 bits per heavy atom. The van der Waals surface area contributed by atoms with Gasteiger partial charge in [-0.05, 0) is 45.0 Å². The highest BCUT2D eigenvalue weighted by atomic mass is 16.5. The van der Waals surface area contributed by atoms with Crippen molar-refractivity contribution in [2.45, 2.75) is 26.8 Å². The van der Waals surface area contributed by atoms with Gasteiger partial charge in [-0.3, -0.25) is 0 Å². The monoisotopic (exact) mass is 245 g/mol. The first kappa shape index (κ1) is 12.5. The number of anilines is 2. The van der Waals surface area contributed by atoms with Crippen molar-refractivity contribution in [2.75, 3.05) is 12.4 Å². The van der Waals surface area contributed by atoms with Crippen LogP contribution in [0.15, 0.2) is 30.5 Å². The summed E-state index contributed by atoms with van der Waals surface area (Å²) in [5.41, 5.74) is 2.02. The average molecular weight is 245 g/mol. The predicted molar refractivity (Wildman–Crippen MR) is 73.6 cm³/mol.